The van der Waals surface area contributed by atoms with Crippen molar-refractivity contribution in [1.29, 1.82) is 0 Å². The van der Waals surface area contributed by atoms with Gasteiger partial charge in [0.15, 0.2) is 0 Å². The first-order valence-corrected chi connectivity index (χ1v) is 9.25. The van der Waals surface area contributed by atoms with Crippen LogP contribution in [0.1, 0.15) is 36.3 Å². The molecule has 0 saturated carbocycles. The van der Waals surface area contributed by atoms with Crippen LogP contribution in [0.25, 0.3) is 5.57 Å². The van der Waals surface area contributed by atoms with E-state index in [0.29, 0.717) is 5.92 Å². The molecule has 0 aliphatic carbocycles. The summed E-state index contributed by atoms with van der Waals surface area (Å²) in [6.45, 7) is 4.38. The third-order valence-corrected chi connectivity index (χ3v) is 5.62. The number of thiophene rings is 1. The zero-order valence-electron chi connectivity index (χ0n) is 13.9. The van der Waals surface area contributed by atoms with Gasteiger partial charge in [0.05, 0.1) is 11.5 Å². The predicted octanol–water partition coefficient (Wildman–Crippen LogP) is 5.02. The normalized spacial score (nSPS) is 18.8. The maximum atomic E-state index is 13.1. The quantitative estimate of drug-likeness (QED) is 0.570. The highest BCUT2D eigenvalue weighted by Gasteiger charge is 2.41. The smallest absolute Gasteiger partial charge is 0.239 e. The van der Waals surface area contributed by atoms with E-state index in [-0.39, 0.29) is 5.92 Å². The van der Waals surface area contributed by atoms with Crippen molar-refractivity contribution in [3.05, 3.63) is 63.1 Å². The fourth-order valence-electron chi connectivity index (χ4n) is 3.54. The van der Waals surface area contributed by atoms with Gasteiger partial charge in [-0.1, -0.05) is 44.2 Å². The van der Waals surface area contributed by atoms with Crippen LogP contribution in [-0.2, 0) is 6.42 Å². The minimum Gasteiger partial charge on any atom is -0.618 e. The Hall–Kier alpha value is -2.20. The molecule has 4 heteroatoms. The van der Waals surface area contributed by atoms with E-state index in [2.05, 4.69) is 36.4 Å². The lowest BCUT2D eigenvalue weighted by atomic mass is 9.89. The molecule has 0 saturated heterocycles. The largest absolute Gasteiger partial charge is 0.618 e. The SMILES string of the molecule is CC(C)CC1C=NC=C2C1=[N+]([O-])c1c(Cc3ccccc3)csc12. The van der Waals surface area contributed by atoms with E-state index in [1.165, 1.54) is 10.3 Å². The molecule has 2 aliphatic rings. The lowest BCUT2D eigenvalue weighted by Gasteiger charge is -2.17. The van der Waals surface area contributed by atoms with Crippen molar-refractivity contribution in [1.82, 2.24) is 0 Å². The molecule has 0 bridgehead atoms. The minimum absolute atomic E-state index is 0.117. The predicted molar refractivity (Wildman–Crippen MR) is 101 cm³/mol. The standard InChI is InChI=1S/C20H20N2OS/c1-13(2)8-15-10-21-11-17-18(15)22(23)19-16(12-24-20(17)19)9-14-6-4-3-5-7-14/h3-7,10-13,15H,8-9H2,1-2H3. The number of allylic oxidation sites excluding steroid dienone is 1. The van der Waals surface area contributed by atoms with Gasteiger partial charge in [-0.25, -0.2) is 0 Å². The number of benzene rings is 1. The average Bonchev–Trinajstić information content (AvgIpc) is 3.09. The topological polar surface area (TPSA) is 38.4 Å². The van der Waals surface area contributed by atoms with Crippen LogP contribution in [0.5, 0.6) is 0 Å². The van der Waals surface area contributed by atoms with Gasteiger partial charge in [-0.3, -0.25) is 4.99 Å². The van der Waals surface area contributed by atoms with Crippen molar-refractivity contribution in [2.24, 2.45) is 16.8 Å². The van der Waals surface area contributed by atoms with Crippen LogP contribution >= 0.6 is 11.3 Å². The summed E-state index contributed by atoms with van der Waals surface area (Å²) >= 11 is 1.66. The van der Waals surface area contributed by atoms with Crippen molar-refractivity contribution in [2.75, 3.05) is 0 Å². The van der Waals surface area contributed by atoms with Crippen LogP contribution in [0.2, 0.25) is 0 Å². The van der Waals surface area contributed by atoms with Gasteiger partial charge in [0.1, 0.15) is 4.88 Å². The Bertz CT molecular complexity index is 859. The van der Waals surface area contributed by atoms with Crippen LogP contribution < -0.4 is 0 Å². The Morgan fingerprint density at radius 1 is 1.25 bits per heavy atom. The first-order valence-electron chi connectivity index (χ1n) is 8.37. The van der Waals surface area contributed by atoms with E-state index in [0.717, 1.165) is 40.3 Å². The number of nitrogens with zero attached hydrogens (tertiary/aromatic N) is 2. The van der Waals surface area contributed by atoms with Crippen LogP contribution in [0.15, 0.2) is 46.9 Å². The van der Waals surface area contributed by atoms with Crippen molar-refractivity contribution in [3.8, 4) is 0 Å². The Kier molecular flexibility index (Phi) is 3.85. The first kappa shape index (κ1) is 15.3. The molecule has 0 fully saturated rings. The highest BCUT2D eigenvalue weighted by Crippen LogP contribution is 2.45. The zero-order chi connectivity index (χ0) is 16.7. The third-order valence-electron chi connectivity index (χ3n) is 4.56. The van der Waals surface area contributed by atoms with Gasteiger partial charge in [0.2, 0.25) is 11.4 Å². The molecule has 122 valence electrons. The number of hydrogen-bond acceptors (Lipinski definition) is 3. The minimum atomic E-state index is 0.117. The summed E-state index contributed by atoms with van der Waals surface area (Å²) in [5.41, 5.74) is 5.09. The highest BCUT2D eigenvalue weighted by molar-refractivity contribution is 7.12. The molecule has 1 aromatic heterocycles. The van der Waals surface area contributed by atoms with Crippen molar-refractivity contribution < 1.29 is 4.74 Å². The summed E-state index contributed by atoms with van der Waals surface area (Å²) in [5.74, 6) is 0.649. The van der Waals surface area contributed by atoms with E-state index in [1.54, 1.807) is 11.3 Å². The fourth-order valence-corrected chi connectivity index (χ4v) is 4.60. The van der Waals surface area contributed by atoms with E-state index >= 15 is 0 Å². The number of fused-ring (bicyclic) bond motifs is 3. The molecule has 3 heterocycles. The van der Waals surface area contributed by atoms with Crippen molar-refractivity contribution in [3.63, 3.8) is 0 Å². The summed E-state index contributed by atoms with van der Waals surface area (Å²) in [5, 5.41) is 15.2. The molecule has 24 heavy (non-hydrogen) atoms. The molecule has 1 atom stereocenters. The number of rotatable bonds is 4. The summed E-state index contributed by atoms with van der Waals surface area (Å²) < 4.78 is 1.17. The van der Waals surface area contributed by atoms with Crippen LogP contribution in [0.3, 0.4) is 0 Å². The summed E-state index contributed by atoms with van der Waals surface area (Å²) in [7, 11) is 0. The Morgan fingerprint density at radius 2 is 2.04 bits per heavy atom. The molecular formula is C20H20N2OS. The number of hydrogen-bond donors (Lipinski definition) is 0. The Morgan fingerprint density at radius 3 is 2.79 bits per heavy atom. The molecule has 2 aliphatic heterocycles. The molecule has 1 aromatic carbocycles. The maximum absolute atomic E-state index is 13.1. The monoisotopic (exact) mass is 336 g/mol. The second-order valence-corrected chi connectivity index (χ2v) is 7.74. The first-order chi connectivity index (χ1) is 11.6. The van der Waals surface area contributed by atoms with Crippen LogP contribution in [0.4, 0.5) is 5.69 Å². The van der Waals surface area contributed by atoms with Gasteiger partial charge in [-0.05, 0) is 17.9 Å². The molecule has 1 unspecified atom stereocenters. The third kappa shape index (κ3) is 2.51. The van der Waals surface area contributed by atoms with Gasteiger partial charge < -0.3 is 5.21 Å². The van der Waals surface area contributed by atoms with Gasteiger partial charge in [-0.15, -0.1) is 11.3 Å². The Labute approximate surface area is 146 Å². The summed E-state index contributed by atoms with van der Waals surface area (Å²) in [6, 6.07) is 10.3. The van der Waals surface area contributed by atoms with Gasteiger partial charge >= 0.3 is 0 Å². The molecular weight excluding hydrogens is 316 g/mol. The van der Waals surface area contributed by atoms with E-state index in [1.807, 2.05) is 30.6 Å². The van der Waals surface area contributed by atoms with E-state index in [9.17, 15) is 5.21 Å². The van der Waals surface area contributed by atoms with Crippen molar-refractivity contribution >= 4 is 34.5 Å². The van der Waals surface area contributed by atoms with E-state index in [4.69, 9.17) is 0 Å². The molecule has 4 rings (SSSR count). The molecule has 2 aromatic rings. The maximum Gasteiger partial charge on any atom is 0.239 e. The molecule has 0 amide bonds. The molecule has 0 N–H and O–H groups in total. The lowest BCUT2D eigenvalue weighted by Crippen LogP contribution is -2.24. The van der Waals surface area contributed by atoms with Crippen molar-refractivity contribution in [2.45, 2.75) is 26.7 Å². The van der Waals surface area contributed by atoms with Crippen LogP contribution in [-0.4, -0.2) is 16.7 Å². The van der Waals surface area contributed by atoms with Crippen LogP contribution in [0, 0.1) is 17.0 Å². The average molecular weight is 336 g/mol. The zero-order valence-corrected chi connectivity index (χ0v) is 14.7. The summed E-state index contributed by atoms with van der Waals surface area (Å²) in [4.78, 5) is 5.49. The highest BCUT2D eigenvalue weighted by atomic mass is 32.1. The van der Waals surface area contributed by atoms with E-state index < -0.39 is 0 Å². The van der Waals surface area contributed by atoms with Gasteiger partial charge in [-0.2, -0.15) is 4.74 Å². The number of aliphatic imine (C=N–C) groups is 1. The van der Waals surface area contributed by atoms with Gasteiger partial charge in [0.25, 0.3) is 0 Å². The Balaban J connectivity index is 1.74. The fraction of sp³-hybridized carbons (Fsp3) is 0.300. The van der Waals surface area contributed by atoms with Gasteiger partial charge in [0, 0.05) is 29.8 Å². The summed E-state index contributed by atoms with van der Waals surface area (Å²) in [6.07, 6.45) is 5.53. The molecule has 0 radical (unpaired) electrons. The molecule has 3 nitrogen and oxygen atoms in total. The second-order valence-electron chi connectivity index (χ2n) is 6.86. The molecule has 0 spiro atoms. The lowest BCUT2D eigenvalue weighted by molar-refractivity contribution is -0.359. The second kappa shape index (κ2) is 6.02.